The fraction of sp³-hybridized carbons (Fsp3) is 1.00. The molecule has 1 aliphatic rings. The number of hydrogen-bond acceptors (Lipinski definition) is 3. The Balaban J connectivity index is 2.44. The maximum atomic E-state index is 5.57. The molecule has 17 heavy (non-hydrogen) atoms. The van der Waals surface area contributed by atoms with E-state index in [1.807, 2.05) is 7.11 Å². The molecule has 1 saturated heterocycles. The molecule has 1 fully saturated rings. The third-order valence-corrected chi connectivity index (χ3v) is 4.00. The molecule has 3 nitrogen and oxygen atoms in total. The number of piperidine rings is 1. The number of hydrogen-bond donors (Lipinski definition) is 1. The van der Waals surface area contributed by atoms with Gasteiger partial charge in [-0.3, -0.25) is 4.90 Å². The van der Waals surface area contributed by atoms with E-state index in [0.717, 1.165) is 19.6 Å². The van der Waals surface area contributed by atoms with Crippen LogP contribution in [0.3, 0.4) is 0 Å². The molecule has 0 aliphatic carbocycles. The lowest BCUT2D eigenvalue weighted by Gasteiger charge is -2.38. The molecule has 102 valence electrons. The molecule has 0 aromatic carbocycles. The van der Waals surface area contributed by atoms with Crippen molar-refractivity contribution in [3.8, 4) is 0 Å². The van der Waals surface area contributed by atoms with E-state index in [-0.39, 0.29) is 0 Å². The molecule has 0 amide bonds. The summed E-state index contributed by atoms with van der Waals surface area (Å²) in [6, 6.07) is 0.603. The average molecular weight is 242 g/mol. The average Bonchev–Trinajstić information content (AvgIpc) is 2.30. The van der Waals surface area contributed by atoms with Crippen LogP contribution in [0.1, 0.15) is 34.1 Å². The zero-order valence-electron chi connectivity index (χ0n) is 12.2. The SMILES string of the molecule is CCNC(CN1CCC(C)C(OC)C1)C(C)C. The van der Waals surface area contributed by atoms with Gasteiger partial charge in [-0.1, -0.05) is 27.7 Å². The Kier molecular flexibility index (Phi) is 6.45. The van der Waals surface area contributed by atoms with E-state index in [2.05, 4.69) is 37.9 Å². The van der Waals surface area contributed by atoms with E-state index in [4.69, 9.17) is 4.74 Å². The zero-order chi connectivity index (χ0) is 12.8. The van der Waals surface area contributed by atoms with Crippen LogP contribution in [0.4, 0.5) is 0 Å². The number of likely N-dealkylation sites (N-methyl/N-ethyl adjacent to an activating group) is 1. The third-order valence-electron chi connectivity index (χ3n) is 4.00. The van der Waals surface area contributed by atoms with Gasteiger partial charge >= 0.3 is 0 Å². The van der Waals surface area contributed by atoms with Gasteiger partial charge in [0.1, 0.15) is 0 Å². The molecule has 0 saturated carbocycles. The summed E-state index contributed by atoms with van der Waals surface area (Å²) < 4.78 is 5.57. The number of methoxy groups -OCH3 is 1. The van der Waals surface area contributed by atoms with Gasteiger partial charge in [-0.05, 0) is 31.3 Å². The standard InChI is InChI=1S/C14H30N2O/c1-6-15-13(11(2)3)9-16-8-7-12(4)14(10-16)17-5/h11-15H,6-10H2,1-5H3. The lowest BCUT2D eigenvalue weighted by atomic mass is 9.94. The lowest BCUT2D eigenvalue weighted by molar-refractivity contribution is -0.00876. The molecule has 1 N–H and O–H groups in total. The lowest BCUT2D eigenvalue weighted by Crippen LogP contribution is -2.50. The van der Waals surface area contributed by atoms with Gasteiger partial charge in [-0.2, -0.15) is 0 Å². The first-order chi connectivity index (χ1) is 8.08. The van der Waals surface area contributed by atoms with E-state index in [9.17, 15) is 0 Å². The molecular formula is C14H30N2O. The number of rotatable bonds is 6. The maximum absolute atomic E-state index is 5.57. The Morgan fingerprint density at radius 3 is 2.65 bits per heavy atom. The van der Waals surface area contributed by atoms with Crippen LogP contribution in [0, 0.1) is 11.8 Å². The molecule has 1 heterocycles. The van der Waals surface area contributed by atoms with Crippen molar-refractivity contribution in [1.29, 1.82) is 0 Å². The monoisotopic (exact) mass is 242 g/mol. The highest BCUT2D eigenvalue weighted by Crippen LogP contribution is 2.20. The van der Waals surface area contributed by atoms with E-state index in [0.29, 0.717) is 24.0 Å². The highest BCUT2D eigenvalue weighted by Gasteiger charge is 2.27. The van der Waals surface area contributed by atoms with Crippen molar-refractivity contribution in [2.24, 2.45) is 11.8 Å². The van der Waals surface area contributed by atoms with E-state index in [1.165, 1.54) is 13.0 Å². The topological polar surface area (TPSA) is 24.5 Å². The molecule has 0 aromatic rings. The first-order valence-corrected chi connectivity index (χ1v) is 7.07. The van der Waals surface area contributed by atoms with Crippen LogP contribution in [0.5, 0.6) is 0 Å². The van der Waals surface area contributed by atoms with Gasteiger partial charge in [-0.15, -0.1) is 0 Å². The molecule has 3 heteroatoms. The Labute approximate surface area is 107 Å². The smallest absolute Gasteiger partial charge is 0.0724 e. The van der Waals surface area contributed by atoms with Crippen molar-refractivity contribution in [2.75, 3.05) is 33.3 Å². The van der Waals surface area contributed by atoms with Gasteiger partial charge in [0.05, 0.1) is 6.10 Å². The van der Waals surface area contributed by atoms with E-state index in [1.54, 1.807) is 0 Å². The first-order valence-electron chi connectivity index (χ1n) is 7.07. The fourth-order valence-electron chi connectivity index (χ4n) is 2.62. The molecular weight excluding hydrogens is 212 g/mol. The molecule has 0 radical (unpaired) electrons. The summed E-state index contributed by atoms with van der Waals surface area (Å²) in [7, 11) is 1.84. The number of ether oxygens (including phenoxy) is 1. The van der Waals surface area contributed by atoms with Gasteiger partial charge in [0.15, 0.2) is 0 Å². The van der Waals surface area contributed by atoms with Crippen LogP contribution < -0.4 is 5.32 Å². The second kappa shape index (κ2) is 7.34. The van der Waals surface area contributed by atoms with Gasteiger partial charge in [0, 0.05) is 26.2 Å². The zero-order valence-corrected chi connectivity index (χ0v) is 12.2. The van der Waals surface area contributed by atoms with Gasteiger partial charge in [0.2, 0.25) is 0 Å². The van der Waals surface area contributed by atoms with Crippen LogP contribution in [-0.2, 0) is 4.74 Å². The first kappa shape index (κ1) is 14.9. The summed E-state index contributed by atoms with van der Waals surface area (Å²) in [6.07, 6.45) is 1.67. The number of likely N-dealkylation sites (tertiary alicyclic amines) is 1. The van der Waals surface area contributed by atoms with Crippen LogP contribution in [-0.4, -0.2) is 50.3 Å². The van der Waals surface area contributed by atoms with Crippen LogP contribution in [0.15, 0.2) is 0 Å². The van der Waals surface area contributed by atoms with Crippen LogP contribution in [0.25, 0.3) is 0 Å². The summed E-state index contributed by atoms with van der Waals surface area (Å²) in [4.78, 5) is 2.56. The maximum Gasteiger partial charge on any atom is 0.0724 e. The van der Waals surface area contributed by atoms with Gasteiger partial charge < -0.3 is 10.1 Å². The summed E-state index contributed by atoms with van der Waals surface area (Å²) in [6.45, 7) is 13.6. The summed E-state index contributed by atoms with van der Waals surface area (Å²) in [5.74, 6) is 1.39. The third kappa shape index (κ3) is 4.57. The molecule has 3 atom stereocenters. The largest absolute Gasteiger partial charge is 0.380 e. The minimum atomic E-state index is 0.415. The van der Waals surface area contributed by atoms with Crippen molar-refractivity contribution < 1.29 is 4.74 Å². The van der Waals surface area contributed by atoms with E-state index < -0.39 is 0 Å². The Bertz CT molecular complexity index is 208. The number of nitrogens with one attached hydrogen (secondary N) is 1. The van der Waals surface area contributed by atoms with Gasteiger partial charge in [0.25, 0.3) is 0 Å². The van der Waals surface area contributed by atoms with Crippen LogP contribution in [0.2, 0.25) is 0 Å². The van der Waals surface area contributed by atoms with Crippen molar-refractivity contribution in [2.45, 2.75) is 46.3 Å². The van der Waals surface area contributed by atoms with Crippen LogP contribution >= 0.6 is 0 Å². The fourth-order valence-corrected chi connectivity index (χ4v) is 2.62. The molecule has 1 aliphatic heterocycles. The van der Waals surface area contributed by atoms with Gasteiger partial charge in [-0.25, -0.2) is 0 Å². The molecule has 3 unspecified atom stereocenters. The second-order valence-corrected chi connectivity index (χ2v) is 5.71. The van der Waals surface area contributed by atoms with Crippen molar-refractivity contribution >= 4 is 0 Å². The van der Waals surface area contributed by atoms with Crippen molar-refractivity contribution in [3.05, 3.63) is 0 Å². The quantitative estimate of drug-likeness (QED) is 0.771. The Morgan fingerprint density at radius 2 is 2.12 bits per heavy atom. The predicted molar refractivity (Wildman–Crippen MR) is 73.3 cm³/mol. The molecule has 0 bridgehead atoms. The Morgan fingerprint density at radius 1 is 1.41 bits per heavy atom. The minimum absolute atomic E-state index is 0.415. The highest BCUT2D eigenvalue weighted by molar-refractivity contribution is 4.82. The molecule has 0 aromatic heterocycles. The van der Waals surface area contributed by atoms with Crippen molar-refractivity contribution in [1.82, 2.24) is 10.2 Å². The Hall–Kier alpha value is -0.120. The predicted octanol–water partition coefficient (Wildman–Crippen LogP) is 1.98. The minimum Gasteiger partial charge on any atom is -0.380 e. The second-order valence-electron chi connectivity index (χ2n) is 5.71. The highest BCUT2D eigenvalue weighted by atomic mass is 16.5. The van der Waals surface area contributed by atoms with E-state index >= 15 is 0 Å². The van der Waals surface area contributed by atoms with Crippen molar-refractivity contribution in [3.63, 3.8) is 0 Å². The summed E-state index contributed by atoms with van der Waals surface area (Å²) >= 11 is 0. The normalized spacial score (nSPS) is 28.6. The summed E-state index contributed by atoms with van der Waals surface area (Å²) in [5.41, 5.74) is 0. The number of nitrogens with zero attached hydrogens (tertiary/aromatic N) is 1. The summed E-state index contributed by atoms with van der Waals surface area (Å²) in [5, 5.41) is 3.59. The molecule has 0 spiro atoms. The molecule has 1 rings (SSSR count).